The lowest BCUT2D eigenvalue weighted by Crippen LogP contribution is -2.16. The summed E-state index contributed by atoms with van der Waals surface area (Å²) in [4.78, 5) is 0. The van der Waals surface area contributed by atoms with E-state index in [-0.39, 0.29) is 6.04 Å². The fourth-order valence-electron chi connectivity index (χ4n) is 2.17. The highest BCUT2D eigenvalue weighted by Crippen LogP contribution is 2.25. The summed E-state index contributed by atoms with van der Waals surface area (Å²) in [5.41, 5.74) is 9.65. The van der Waals surface area contributed by atoms with Gasteiger partial charge in [0, 0.05) is 33.6 Å². The number of halogens is 2. The van der Waals surface area contributed by atoms with Crippen LogP contribution in [0.1, 0.15) is 29.9 Å². The quantitative estimate of drug-likeness (QED) is 0.863. The summed E-state index contributed by atoms with van der Waals surface area (Å²) in [6.07, 6.45) is 0.789. The molecule has 2 N–H and O–H groups in total. The van der Waals surface area contributed by atoms with Gasteiger partial charge in [-0.05, 0) is 43.7 Å². The third-order valence-electron chi connectivity index (χ3n) is 3.03. The van der Waals surface area contributed by atoms with Gasteiger partial charge in [0.1, 0.15) is 0 Å². The van der Waals surface area contributed by atoms with Crippen LogP contribution in [0.5, 0.6) is 0 Å². The molecule has 0 radical (unpaired) electrons. The molecule has 0 saturated heterocycles. The number of benzene rings is 1. The zero-order valence-corrected chi connectivity index (χ0v) is 14.2. The fourth-order valence-corrected chi connectivity index (χ4v) is 3.50. The predicted molar refractivity (Wildman–Crippen MR) is 85.1 cm³/mol. The topological polar surface area (TPSA) is 43.8 Å². The maximum Gasteiger partial charge on any atom is 0.0596 e. The van der Waals surface area contributed by atoms with Crippen LogP contribution in [0.4, 0.5) is 0 Å². The molecule has 0 aliphatic heterocycles. The molecule has 0 spiro atoms. The van der Waals surface area contributed by atoms with E-state index in [4.69, 9.17) is 5.73 Å². The van der Waals surface area contributed by atoms with Crippen molar-refractivity contribution in [1.82, 2.24) is 9.78 Å². The standard InChI is InChI=1S/C14H17Br2N3/c1-3-19-13(4-9(2)18-19)8-14(17)10-5-11(15)7-12(16)6-10/h4-7,14H,3,8,17H2,1-2H3. The van der Waals surface area contributed by atoms with Crippen molar-refractivity contribution in [2.45, 2.75) is 32.9 Å². The van der Waals surface area contributed by atoms with Gasteiger partial charge in [-0.2, -0.15) is 5.10 Å². The smallest absolute Gasteiger partial charge is 0.0596 e. The zero-order valence-electron chi connectivity index (χ0n) is 11.0. The van der Waals surface area contributed by atoms with E-state index in [1.807, 2.05) is 17.7 Å². The summed E-state index contributed by atoms with van der Waals surface area (Å²) in [5, 5.41) is 4.45. The summed E-state index contributed by atoms with van der Waals surface area (Å²) in [5.74, 6) is 0. The minimum atomic E-state index is -0.0322. The number of aryl methyl sites for hydroxylation is 2. The first-order valence-electron chi connectivity index (χ1n) is 6.24. The highest BCUT2D eigenvalue weighted by molar-refractivity contribution is 9.11. The molecule has 3 nitrogen and oxygen atoms in total. The zero-order chi connectivity index (χ0) is 14.0. The number of hydrogen-bond donors (Lipinski definition) is 1. The summed E-state index contributed by atoms with van der Waals surface area (Å²) < 4.78 is 4.09. The van der Waals surface area contributed by atoms with Gasteiger partial charge in [-0.15, -0.1) is 0 Å². The van der Waals surface area contributed by atoms with Crippen molar-refractivity contribution in [3.05, 3.63) is 50.2 Å². The van der Waals surface area contributed by atoms with E-state index in [2.05, 4.69) is 62.1 Å². The molecule has 1 aromatic carbocycles. The van der Waals surface area contributed by atoms with Gasteiger partial charge in [0.25, 0.3) is 0 Å². The lowest BCUT2D eigenvalue weighted by atomic mass is 10.0. The third kappa shape index (κ3) is 3.68. The van der Waals surface area contributed by atoms with Crippen LogP contribution in [0.3, 0.4) is 0 Å². The lowest BCUT2D eigenvalue weighted by molar-refractivity contribution is 0.587. The Morgan fingerprint density at radius 1 is 1.21 bits per heavy atom. The summed E-state index contributed by atoms with van der Waals surface area (Å²) in [6, 6.07) is 8.21. The van der Waals surface area contributed by atoms with Crippen LogP contribution < -0.4 is 5.73 Å². The number of aromatic nitrogens is 2. The number of nitrogens with two attached hydrogens (primary N) is 1. The molecule has 102 valence electrons. The van der Waals surface area contributed by atoms with Gasteiger partial charge < -0.3 is 5.73 Å². The number of rotatable bonds is 4. The molecule has 1 heterocycles. The Labute approximate surface area is 130 Å². The second kappa shape index (κ2) is 6.20. The van der Waals surface area contributed by atoms with E-state index in [1.165, 1.54) is 5.69 Å². The van der Waals surface area contributed by atoms with E-state index in [0.717, 1.165) is 33.2 Å². The molecular weight excluding hydrogens is 370 g/mol. The monoisotopic (exact) mass is 385 g/mol. The molecule has 0 saturated carbocycles. The van der Waals surface area contributed by atoms with Crippen LogP contribution in [0.2, 0.25) is 0 Å². The summed E-state index contributed by atoms with van der Waals surface area (Å²) in [7, 11) is 0. The Morgan fingerprint density at radius 3 is 2.42 bits per heavy atom. The maximum atomic E-state index is 6.31. The van der Waals surface area contributed by atoms with Crippen molar-refractivity contribution in [3.8, 4) is 0 Å². The first-order chi connectivity index (χ1) is 8.99. The molecule has 1 aromatic heterocycles. The summed E-state index contributed by atoms with van der Waals surface area (Å²) >= 11 is 6.99. The first kappa shape index (κ1) is 14.8. The number of nitrogens with zero attached hydrogens (tertiary/aromatic N) is 2. The van der Waals surface area contributed by atoms with Crippen LogP contribution >= 0.6 is 31.9 Å². The largest absolute Gasteiger partial charge is 0.324 e. The van der Waals surface area contributed by atoms with Crippen molar-refractivity contribution < 1.29 is 0 Å². The second-order valence-electron chi connectivity index (χ2n) is 4.61. The van der Waals surface area contributed by atoms with Gasteiger partial charge in [-0.25, -0.2) is 0 Å². The minimum absolute atomic E-state index is 0.0322. The molecule has 0 bridgehead atoms. The van der Waals surface area contributed by atoms with Gasteiger partial charge in [0.2, 0.25) is 0 Å². The van der Waals surface area contributed by atoms with Crippen molar-refractivity contribution in [1.29, 1.82) is 0 Å². The maximum absolute atomic E-state index is 6.31. The molecular formula is C14H17Br2N3. The van der Waals surface area contributed by atoms with Gasteiger partial charge in [0.15, 0.2) is 0 Å². The van der Waals surface area contributed by atoms with Gasteiger partial charge in [-0.3, -0.25) is 4.68 Å². The van der Waals surface area contributed by atoms with E-state index in [9.17, 15) is 0 Å². The number of hydrogen-bond acceptors (Lipinski definition) is 2. The van der Waals surface area contributed by atoms with Gasteiger partial charge in [-0.1, -0.05) is 31.9 Å². The Morgan fingerprint density at radius 2 is 1.84 bits per heavy atom. The van der Waals surface area contributed by atoms with Crippen molar-refractivity contribution in [3.63, 3.8) is 0 Å². The summed E-state index contributed by atoms with van der Waals surface area (Å²) in [6.45, 7) is 4.98. The average molecular weight is 387 g/mol. The Balaban J connectivity index is 2.22. The lowest BCUT2D eigenvalue weighted by Gasteiger charge is -2.14. The van der Waals surface area contributed by atoms with Crippen molar-refractivity contribution in [2.75, 3.05) is 0 Å². The molecule has 1 unspecified atom stereocenters. The minimum Gasteiger partial charge on any atom is -0.324 e. The fraction of sp³-hybridized carbons (Fsp3) is 0.357. The SMILES string of the molecule is CCn1nc(C)cc1CC(N)c1cc(Br)cc(Br)c1. The van der Waals surface area contributed by atoms with E-state index in [0.29, 0.717) is 0 Å². The van der Waals surface area contributed by atoms with Crippen molar-refractivity contribution in [2.24, 2.45) is 5.73 Å². The normalized spacial score (nSPS) is 12.7. The molecule has 19 heavy (non-hydrogen) atoms. The van der Waals surface area contributed by atoms with Gasteiger partial charge >= 0.3 is 0 Å². The molecule has 0 fully saturated rings. The first-order valence-corrected chi connectivity index (χ1v) is 7.83. The molecule has 0 aliphatic carbocycles. The highest BCUT2D eigenvalue weighted by atomic mass is 79.9. The molecule has 2 aromatic rings. The van der Waals surface area contributed by atoms with Crippen LogP contribution in [-0.2, 0) is 13.0 Å². The van der Waals surface area contributed by atoms with Crippen molar-refractivity contribution >= 4 is 31.9 Å². The predicted octanol–water partition coefficient (Wildman–Crippen LogP) is 3.98. The molecule has 0 amide bonds. The van der Waals surface area contributed by atoms with Gasteiger partial charge in [0.05, 0.1) is 5.69 Å². The second-order valence-corrected chi connectivity index (χ2v) is 6.44. The van der Waals surface area contributed by atoms with E-state index < -0.39 is 0 Å². The van der Waals surface area contributed by atoms with E-state index in [1.54, 1.807) is 0 Å². The molecule has 5 heteroatoms. The molecule has 1 atom stereocenters. The van der Waals surface area contributed by atoms with Crippen LogP contribution in [0, 0.1) is 6.92 Å². The molecule has 0 aliphatic rings. The highest BCUT2D eigenvalue weighted by Gasteiger charge is 2.12. The van der Waals surface area contributed by atoms with Crippen LogP contribution in [0.25, 0.3) is 0 Å². The molecule has 2 rings (SSSR count). The van der Waals surface area contributed by atoms with Crippen LogP contribution in [0.15, 0.2) is 33.2 Å². The average Bonchev–Trinajstić information content (AvgIpc) is 2.68. The van der Waals surface area contributed by atoms with Crippen LogP contribution in [-0.4, -0.2) is 9.78 Å². The van der Waals surface area contributed by atoms with E-state index >= 15 is 0 Å². The Kier molecular flexibility index (Phi) is 4.81. The third-order valence-corrected chi connectivity index (χ3v) is 3.94. The Hall–Kier alpha value is -0.650. The Bertz CT molecular complexity index is 558.